The highest BCUT2D eigenvalue weighted by atomic mass is 35.5. The third-order valence-electron chi connectivity index (χ3n) is 1.26. The Balaban J connectivity index is -0.000000292. The fraction of sp³-hybridized carbons (Fsp3) is 0.455. The molecule has 0 bridgehead atoms. The number of ether oxygens (including phenoxy) is 1. The molecule has 92 valence electrons. The monoisotopic (exact) mass is 246 g/mol. The number of esters is 1. The van der Waals surface area contributed by atoms with Crippen molar-refractivity contribution in [3.8, 4) is 6.07 Å². The summed E-state index contributed by atoms with van der Waals surface area (Å²) in [5.41, 5.74) is 0. The van der Waals surface area contributed by atoms with E-state index in [-0.39, 0.29) is 18.4 Å². The molecule has 0 unspecified atom stereocenters. The summed E-state index contributed by atoms with van der Waals surface area (Å²) in [6.45, 7) is 7.69. The van der Waals surface area contributed by atoms with Crippen LogP contribution in [0, 0.1) is 11.3 Å². The molecule has 0 saturated heterocycles. The number of carbonyl (C=O) groups excluding carboxylic acids is 1. The van der Waals surface area contributed by atoms with E-state index in [1.807, 2.05) is 21.1 Å². The lowest BCUT2D eigenvalue weighted by Gasteiger charge is -2.23. The molecule has 0 amide bonds. The Kier molecular flexibility index (Phi) is 14.8. The number of hydrogen-bond donors (Lipinski definition) is 0. The second kappa shape index (κ2) is 11.8. The van der Waals surface area contributed by atoms with E-state index in [0.717, 1.165) is 11.0 Å². The van der Waals surface area contributed by atoms with Gasteiger partial charge in [-0.05, 0) is 0 Å². The van der Waals surface area contributed by atoms with Gasteiger partial charge in [0, 0.05) is 12.2 Å². The van der Waals surface area contributed by atoms with Crippen LogP contribution in [-0.2, 0) is 9.53 Å². The molecule has 0 rings (SSSR count). The molecule has 0 aromatic heterocycles. The van der Waals surface area contributed by atoms with Gasteiger partial charge in [-0.2, -0.15) is 5.26 Å². The zero-order valence-electron chi connectivity index (χ0n) is 10.1. The van der Waals surface area contributed by atoms with E-state index in [1.165, 1.54) is 12.2 Å². The fourth-order valence-electron chi connectivity index (χ4n) is 0.479. The Bertz CT molecular complexity index is 252. The average Bonchev–Trinajstić information content (AvgIpc) is 2.16. The van der Waals surface area contributed by atoms with Crippen LogP contribution in [0.4, 0.5) is 0 Å². The normalized spacial score (nSPS) is 8.38. The van der Waals surface area contributed by atoms with Gasteiger partial charge >= 0.3 is 5.97 Å². The molecule has 0 spiro atoms. The van der Waals surface area contributed by atoms with Crippen LogP contribution in [0.1, 0.15) is 0 Å². The average molecular weight is 247 g/mol. The highest BCUT2D eigenvalue weighted by Gasteiger charge is 2.06. The Morgan fingerprint density at radius 3 is 2.12 bits per heavy atom. The largest absolute Gasteiger partial charge is 1.00 e. The van der Waals surface area contributed by atoms with E-state index < -0.39 is 0 Å². The first-order valence-corrected chi connectivity index (χ1v) is 4.47. The number of likely N-dealkylation sites (N-methyl/N-ethyl adjacent to an activating group) is 1. The zero-order chi connectivity index (χ0) is 12.3. The fourth-order valence-corrected chi connectivity index (χ4v) is 0.479. The van der Waals surface area contributed by atoms with Crippen LogP contribution in [0.5, 0.6) is 0 Å². The van der Waals surface area contributed by atoms with Crippen LogP contribution in [0.3, 0.4) is 0 Å². The molecule has 0 atom stereocenters. The molecule has 0 fully saturated rings. The molecule has 0 aliphatic rings. The minimum atomic E-state index is -0.349. The zero-order valence-corrected chi connectivity index (χ0v) is 10.8. The molecule has 0 heterocycles. The first-order valence-electron chi connectivity index (χ1n) is 4.47. The maximum atomic E-state index is 10.6. The summed E-state index contributed by atoms with van der Waals surface area (Å²) in [5, 5.41) is 7.51. The molecular formula is C11H19ClN2O2. The van der Waals surface area contributed by atoms with Gasteiger partial charge in [0.1, 0.15) is 13.2 Å². The molecule has 0 radical (unpaired) electrons. The highest BCUT2D eigenvalue weighted by Crippen LogP contribution is 1.89. The molecule has 0 aliphatic carbocycles. The Labute approximate surface area is 104 Å². The van der Waals surface area contributed by atoms with E-state index in [2.05, 4.69) is 13.2 Å². The van der Waals surface area contributed by atoms with E-state index in [4.69, 9.17) is 10.00 Å². The number of carbonyl (C=O) groups is 1. The molecule has 16 heavy (non-hydrogen) atoms. The number of allylic oxidation sites excluding steroid dienone is 1. The lowest BCUT2D eigenvalue weighted by Crippen LogP contribution is -3.00. The van der Waals surface area contributed by atoms with Gasteiger partial charge in [-0.3, -0.25) is 0 Å². The Morgan fingerprint density at radius 2 is 1.88 bits per heavy atom. The van der Waals surface area contributed by atoms with E-state index in [0.29, 0.717) is 6.61 Å². The molecular weight excluding hydrogens is 228 g/mol. The quantitative estimate of drug-likeness (QED) is 0.253. The van der Waals surface area contributed by atoms with Crippen molar-refractivity contribution in [3.05, 3.63) is 25.3 Å². The van der Waals surface area contributed by atoms with Crippen molar-refractivity contribution < 1.29 is 26.4 Å². The predicted molar refractivity (Wildman–Crippen MR) is 59.9 cm³/mol. The molecule has 5 heteroatoms. The van der Waals surface area contributed by atoms with Crippen LogP contribution in [0.2, 0.25) is 0 Å². The summed E-state index contributed by atoms with van der Waals surface area (Å²) in [4.78, 5) is 10.6. The summed E-state index contributed by atoms with van der Waals surface area (Å²) in [6, 6.07) is 1.69. The topological polar surface area (TPSA) is 50.1 Å². The summed E-state index contributed by atoms with van der Waals surface area (Å²) < 4.78 is 5.59. The van der Waals surface area contributed by atoms with Crippen molar-refractivity contribution in [1.82, 2.24) is 0 Å². The third-order valence-corrected chi connectivity index (χ3v) is 1.26. The van der Waals surface area contributed by atoms with Crippen molar-refractivity contribution in [2.24, 2.45) is 0 Å². The van der Waals surface area contributed by atoms with Gasteiger partial charge in [-0.1, -0.05) is 13.2 Å². The third kappa shape index (κ3) is 23.0. The molecule has 0 N–H and O–H groups in total. The van der Waals surface area contributed by atoms with Gasteiger partial charge in [0.25, 0.3) is 0 Å². The van der Waals surface area contributed by atoms with Gasteiger partial charge in [0.05, 0.1) is 27.2 Å². The molecule has 0 saturated carbocycles. The SMILES string of the molecule is C=CC#N.C=CC(=O)OCC[N+](C)(C)C.[Cl-]. The standard InChI is InChI=1S/C8H16NO2.C3H3N.ClH/c1-5-8(10)11-7-6-9(2,3)4;1-2-3-4;/h5H,1,6-7H2,2-4H3;2H,1H2;1H/q+1;;/p-1. The van der Waals surface area contributed by atoms with Gasteiger partial charge in [0.15, 0.2) is 0 Å². The first-order chi connectivity index (χ1) is 6.87. The maximum absolute atomic E-state index is 10.6. The van der Waals surface area contributed by atoms with E-state index >= 15 is 0 Å². The predicted octanol–water partition coefficient (Wildman–Crippen LogP) is -1.88. The molecule has 0 aliphatic heterocycles. The van der Waals surface area contributed by atoms with Crippen molar-refractivity contribution >= 4 is 5.97 Å². The van der Waals surface area contributed by atoms with Crippen LogP contribution in [0.25, 0.3) is 0 Å². The van der Waals surface area contributed by atoms with E-state index in [1.54, 1.807) is 6.07 Å². The summed E-state index contributed by atoms with van der Waals surface area (Å²) in [6.07, 6.45) is 2.36. The molecule has 0 aromatic carbocycles. The van der Waals surface area contributed by atoms with Gasteiger partial charge in [-0.15, -0.1) is 0 Å². The second-order valence-electron chi connectivity index (χ2n) is 3.72. The van der Waals surface area contributed by atoms with Gasteiger partial charge in [0.2, 0.25) is 0 Å². The summed E-state index contributed by atoms with van der Waals surface area (Å²) in [7, 11) is 6.13. The van der Waals surface area contributed by atoms with Gasteiger partial charge < -0.3 is 21.6 Å². The van der Waals surface area contributed by atoms with Crippen molar-refractivity contribution in [2.75, 3.05) is 34.3 Å². The van der Waals surface area contributed by atoms with E-state index in [9.17, 15) is 4.79 Å². The first kappa shape index (κ1) is 20.1. The maximum Gasteiger partial charge on any atom is 0.330 e. The van der Waals surface area contributed by atoms with Crippen LogP contribution in [-0.4, -0.2) is 44.7 Å². The van der Waals surface area contributed by atoms with Crippen molar-refractivity contribution in [2.45, 2.75) is 0 Å². The molecule has 0 aromatic rings. The summed E-state index contributed by atoms with van der Waals surface area (Å²) >= 11 is 0. The minimum Gasteiger partial charge on any atom is -1.00 e. The highest BCUT2D eigenvalue weighted by molar-refractivity contribution is 5.81. The van der Waals surface area contributed by atoms with Crippen molar-refractivity contribution in [1.29, 1.82) is 5.26 Å². The van der Waals surface area contributed by atoms with Gasteiger partial charge in [-0.25, -0.2) is 4.79 Å². The Hall–Kier alpha value is -1.31. The van der Waals surface area contributed by atoms with Crippen molar-refractivity contribution in [3.63, 3.8) is 0 Å². The summed E-state index contributed by atoms with van der Waals surface area (Å²) in [5.74, 6) is -0.349. The second-order valence-corrected chi connectivity index (χ2v) is 3.72. The van der Waals surface area contributed by atoms with Crippen LogP contribution < -0.4 is 12.4 Å². The molecule has 4 nitrogen and oxygen atoms in total. The Morgan fingerprint density at radius 1 is 1.44 bits per heavy atom. The number of rotatable bonds is 4. The number of quaternary nitrogens is 1. The number of nitriles is 1. The lowest BCUT2D eigenvalue weighted by molar-refractivity contribution is -0.870. The number of halogens is 1. The number of hydrogen-bond acceptors (Lipinski definition) is 3. The minimum absolute atomic E-state index is 0. The van der Waals surface area contributed by atoms with Crippen LogP contribution >= 0.6 is 0 Å². The van der Waals surface area contributed by atoms with Crippen LogP contribution in [0.15, 0.2) is 25.3 Å². The lowest BCUT2D eigenvalue weighted by atomic mass is 10.5. The number of nitrogens with zero attached hydrogens (tertiary/aromatic N) is 2. The smallest absolute Gasteiger partial charge is 0.330 e.